The first-order valence-electron chi connectivity index (χ1n) is 6.42. The lowest BCUT2D eigenvalue weighted by atomic mass is 9.93. The summed E-state index contributed by atoms with van der Waals surface area (Å²) >= 11 is 0. The van der Waals surface area contributed by atoms with Gasteiger partial charge in [0, 0.05) is 30.7 Å². The molecule has 1 fully saturated rings. The Bertz CT molecular complexity index is 436. The van der Waals surface area contributed by atoms with Crippen LogP contribution in [0.1, 0.15) is 27.2 Å². The number of hydrogen-bond acceptors (Lipinski definition) is 2. The molecule has 1 aromatic carbocycles. The quantitative estimate of drug-likeness (QED) is 0.873. The van der Waals surface area contributed by atoms with Crippen LogP contribution < -0.4 is 10.2 Å². The third-order valence-electron chi connectivity index (χ3n) is 3.87. The van der Waals surface area contributed by atoms with Crippen LogP contribution in [-0.2, 0) is 0 Å². The van der Waals surface area contributed by atoms with E-state index in [1.54, 1.807) is 0 Å². The van der Waals surface area contributed by atoms with E-state index >= 15 is 0 Å². The first-order valence-corrected chi connectivity index (χ1v) is 6.42. The second-order valence-electron chi connectivity index (χ2n) is 5.37. The normalized spacial score (nSPS) is 28.5. The molecule has 0 bridgehead atoms. The zero-order chi connectivity index (χ0) is 13.3. The van der Waals surface area contributed by atoms with E-state index in [1.165, 1.54) is 12.1 Å². The summed E-state index contributed by atoms with van der Waals surface area (Å²) in [5.74, 6) is -0.751. The molecule has 1 aromatic rings. The van der Waals surface area contributed by atoms with E-state index in [4.69, 9.17) is 0 Å². The molecule has 2 rings (SSSR count). The summed E-state index contributed by atoms with van der Waals surface area (Å²) in [5.41, 5.74) is 0.314. The largest absolute Gasteiger partial charge is 0.363 e. The van der Waals surface area contributed by atoms with Crippen molar-refractivity contribution in [1.29, 1.82) is 0 Å². The van der Waals surface area contributed by atoms with Crippen LogP contribution in [-0.4, -0.2) is 24.7 Å². The van der Waals surface area contributed by atoms with Gasteiger partial charge in [0.1, 0.15) is 11.6 Å². The lowest BCUT2D eigenvalue weighted by Crippen LogP contribution is -2.62. The van der Waals surface area contributed by atoms with Gasteiger partial charge in [0.05, 0.1) is 5.69 Å². The van der Waals surface area contributed by atoms with Crippen molar-refractivity contribution in [2.45, 2.75) is 38.8 Å². The first-order chi connectivity index (χ1) is 8.45. The molecule has 4 heteroatoms. The molecule has 1 saturated heterocycles. The van der Waals surface area contributed by atoms with Crippen LogP contribution in [0.5, 0.6) is 0 Å². The molecule has 18 heavy (non-hydrogen) atoms. The minimum atomic E-state index is -0.393. The summed E-state index contributed by atoms with van der Waals surface area (Å²) in [4.78, 5) is 1.96. The molecule has 0 spiro atoms. The van der Waals surface area contributed by atoms with Gasteiger partial charge in [-0.25, -0.2) is 8.78 Å². The summed E-state index contributed by atoms with van der Waals surface area (Å²) in [6.45, 7) is 7.70. The SMILES string of the molecule is CCC1(C)CN(c2cc(F)ccc2F)C(C)CN1. The molecule has 1 aliphatic heterocycles. The number of nitrogens with zero attached hydrogens (tertiary/aromatic N) is 1. The molecule has 2 nitrogen and oxygen atoms in total. The van der Waals surface area contributed by atoms with Crippen LogP contribution in [0.15, 0.2) is 18.2 Å². The van der Waals surface area contributed by atoms with E-state index in [-0.39, 0.29) is 17.4 Å². The smallest absolute Gasteiger partial charge is 0.146 e. The summed E-state index contributed by atoms with van der Waals surface area (Å²) in [6.07, 6.45) is 0.952. The van der Waals surface area contributed by atoms with Crippen molar-refractivity contribution in [2.24, 2.45) is 0 Å². The maximum atomic E-state index is 13.9. The standard InChI is InChI=1S/C14H20F2N2/c1-4-14(3)9-18(10(2)8-17-14)13-7-11(15)5-6-12(13)16/h5-7,10,17H,4,8-9H2,1-3H3. The van der Waals surface area contributed by atoms with Gasteiger partial charge in [0.25, 0.3) is 0 Å². The average Bonchev–Trinajstić information content (AvgIpc) is 2.36. The molecule has 0 radical (unpaired) electrons. The van der Waals surface area contributed by atoms with Crippen molar-refractivity contribution >= 4 is 5.69 Å². The molecule has 100 valence electrons. The first kappa shape index (κ1) is 13.3. The summed E-state index contributed by atoms with van der Waals surface area (Å²) in [7, 11) is 0. The Kier molecular flexibility index (Phi) is 3.57. The minimum Gasteiger partial charge on any atom is -0.363 e. The Labute approximate surface area is 107 Å². The number of hydrogen-bond donors (Lipinski definition) is 1. The molecule has 1 aliphatic rings. The number of nitrogens with one attached hydrogen (secondary N) is 1. The van der Waals surface area contributed by atoms with Gasteiger partial charge >= 0.3 is 0 Å². The van der Waals surface area contributed by atoms with Crippen LogP contribution in [0.3, 0.4) is 0 Å². The van der Waals surface area contributed by atoms with Crippen molar-refractivity contribution < 1.29 is 8.78 Å². The van der Waals surface area contributed by atoms with E-state index in [2.05, 4.69) is 19.2 Å². The molecule has 1 N–H and O–H groups in total. The third-order valence-corrected chi connectivity index (χ3v) is 3.87. The fraction of sp³-hybridized carbons (Fsp3) is 0.571. The van der Waals surface area contributed by atoms with Crippen LogP contribution in [0.4, 0.5) is 14.5 Å². The lowest BCUT2D eigenvalue weighted by molar-refractivity contribution is 0.284. The summed E-state index contributed by atoms with van der Waals surface area (Å²) in [6, 6.07) is 3.79. The van der Waals surface area contributed by atoms with Gasteiger partial charge in [-0.1, -0.05) is 6.92 Å². The maximum Gasteiger partial charge on any atom is 0.146 e. The van der Waals surface area contributed by atoms with Crippen molar-refractivity contribution in [1.82, 2.24) is 5.32 Å². The van der Waals surface area contributed by atoms with Gasteiger partial charge in [-0.2, -0.15) is 0 Å². The Morgan fingerprint density at radius 2 is 2.17 bits per heavy atom. The number of anilines is 1. The number of piperazine rings is 1. The van der Waals surface area contributed by atoms with Gasteiger partial charge in [-0.05, 0) is 32.4 Å². The van der Waals surface area contributed by atoms with Crippen molar-refractivity contribution in [3.05, 3.63) is 29.8 Å². The van der Waals surface area contributed by atoms with E-state index < -0.39 is 5.82 Å². The molecule has 2 unspecified atom stereocenters. The fourth-order valence-corrected chi connectivity index (χ4v) is 2.36. The highest BCUT2D eigenvalue weighted by Crippen LogP contribution is 2.28. The lowest BCUT2D eigenvalue weighted by Gasteiger charge is -2.46. The van der Waals surface area contributed by atoms with Crippen LogP contribution >= 0.6 is 0 Å². The summed E-state index contributed by atoms with van der Waals surface area (Å²) < 4.78 is 27.1. The molecule has 1 heterocycles. The molecule has 0 aromatic heterocycles. The highest BCUT2D eigenvalue weighted by Gasteiger charge is 2.33. The molecule has 0 amide bonds. The third kappa shape index (κ3) is 2.48. The predicted molar refractivity (Wildman–Crippen MR) is 69.9 cm³/mol. The zero-order valence-corrected chi connectivity index (χ0v) is 11.1. The van der Waals surface area contributed by atoms with E-state index in [1.807, 2.05) is 11.8 Å². The molecular formula is C14H20F2N2. The molecule has 0 saturated carbocycles. The number of rotatable bonds is 2. The predicted octanol–water partition coefficient (Wildman–Crippen LogP) is 2.93. The van der Waals surface area contributed by atoms with E-state index in [0.717, 1.165) is 19.0 Å². The summed E-state index contributed by atoms with van der Waals surface area (Å²) in [5, 5.41) is 3.47. The van der Waals surface area contributed by atoms with Gasteiger partial charge in [0.2, 0.25) is 0 Å². The highest BCUT2D eigenvalue weighted by molar-refractivity contribution is 5.50. The van der Waals surface area contributed by atoms with E-state index in [0.29, 0.717) is 12.2 Å². The van der Waals surface area contributed by atoms with E-state index in [9.17, 15) is 8.78 Å². The number of benzene rings is 1. The van der Waals surface area contributed by atoms with Gasteiger partial charge in [-0.15, -0.1) is 0 Å². The second-order valence-corrected chi connectivity index (χ2v) is 5.37. The highest BCUT2D eigenvalue weighted by atomic mass is 19.1. The van der Waals surface area contributed by atoms with Crippen LogP contribution in [0.2, 0.25) is 0 Å². The molecule has 2 atom stereocenters. The topological polar surface area (TPSA) is 15.3 Å². The minimum absolute atomic E-state index is 0.0503. The molecule has 0 aliphatic carbocycles. The van der Waals surface area contributed by atoms with Crippen LogP contribution in [0, 0.1) is 11.6 Å². The number of halogens is 2. The Hall–Kier alpha value is -1.16. The van der Waals surface area contributed by atoms with Crippen molar-refractivity contribution in [2.75, 3.05) is 18.0 Å². The Balaban J connectivity index is 2.32. The van der Waals surface area contributed by atoms with Crippen molar-refractivity contribution in [3.8, 4) is 0 Å². The average molecular weight is 254 g/mol. The fourth-order valence-electron chi connectivity index (χ4n) is 2.36. The van der Waals surface area contributed by atoms with Gasteiger partial charge < -0.3 is 10.2 Å². The second kappa shape index (κ2) is 4.84. The monoisotopic (exact) mass is 254 g/mol. The van der Waals surface area contributed by atoms with Gasteiger partial charge in [-0.3, -0.25) is 0 Å². The maximum absolute atomic E-state index is 13.9. The van der Waals surface area contributed by atoms with Crippen LogP contribution in [0.25, 0.3) is 0 Å². The Morgan fingerprint density at radius 1 is 1.44 bits per heavy atom. The van der Waals surface area contributed by atoms with Gasteiger partial charge in [0.15, 0.2) is 0 Å². The Morgan fingerprint density at radius 3 is 2.83 bits per heavy atom. The van der Waals surface area contributed by atoms with Crippen molar-refractivity contribution in [3.63, 3.8) is 0 Å². The zero-order valence-electron chi connectivity index (χ0n) is 11.1. The molecular weight excluding hydrogens is 234 g/mol.